The molecule has 122 heavy (non-hydrogen) atoms. The predicted octanol–water partition coefficient (Wildman–Crippen LogP) is 18.0. The van der Waals surface area contributed by atoms with Crippen LogP contribution in [0.15, 0.2) is 255 Å². The first-order valence-corrected chi connectivity index (χ1v) is 41.9. The third kappa shape index (κ3) is 16.3. The van der Waals surface area contributed by atoms with Crippen molar-refractivity contribution in [3.05, 3.63) is 301 Å². The van der Waals surface area contributed by atoms with Crippen LogP contribution in [0.4, 0.5) is 23.8 Å². The van der Waals surface area contributed by atoms with Gasteiger partial charge in [0.1, 0.15) is 24.2 Å². The number of para-hydroxylation sites is 3. The van der Waals surface area contributed by atoms with Crippen LogP contribution in [-0.2, 0) is 37.7 Å². The molecule has 616 valence electrons. The van der Waals surface area contributed by atoms with Crippen molar-refractivity contribution in [1.82, 2.24) is 79.8 Å². The second-order valence-electron chi connectivity index (χ2n) is 32.9. The number of hydrogen-bond donors (Lipinski definition) is 8. The first-order valence-electron chi connectivity index (χ1n) is 41.9. The number of oxazole rings is 1. The summed E-state index contributed by atoms with van der Waals surface area (Å²) in [6.45, 7) is 3.32. The molecule has 20 rings (SSSR count). The smallest absolute Gasteiger partial charge is 0.268 e. The molecule has 24 nitrogen and oxygen atoms in total. The number of rotatable bonds is 20. The summed E-state index contributed by atoms with van der Waals surface area (Å²) in [5.74, 6) is 2.16. The van der Waals surface area contributed by atoms with Crippen LogP contribution in [-0.4, -0.2) is 121 Å². The van der Waals surface area contributed by atoms with Gasteiger partial charge in [0.05, 0.1) is 18.2 Å². The number of nitrogens with zero attached hydrogens (tertiary/aromatic N) is 12. The maximum atomic E-state index is 13.2. The summed E-state index contributed by atoms with van der Waals surface area (Å²) in [5.41, 5.74) is 44.9. The molecule has 1 atom stereocenters. The summed E-state index contributed by atoms with van der Waals surface area (Å²) in [4.78, 5) is 74.7. The molecule has 4 fully saturated rings. The SMILES string of the molecule is CN(C)C(=O)Cn1cc(-c2coc(C(C)(c3ccc(-c4cnc(N)nc4)cc3)C3CC3)n2)cn1.COCCNC(=O)c1[nH]c2ccccc2c1C1(c2ccc(-c3cnc(N)nc3)cc2)CCC1.Nc1ncc(-c2ccc(C3(c4c[nH]c5ccccc45)CCCC3)cc2)cn1.Nc1ncc(-c2ccc(C3(c4c[nH]c5ccccc45)CCCCC3)cc2)cn1. The first kappa shape index (κ1) is 80.4. The summed E-state index contributed by atoms with van der Waals surface area (Å²) in [6.07, 6.45) is 40.3. The molecule has 16 aromatic rings. The minimum atomic E-state index is -0.342. The van der Waals surface area contributed by atoms with Gasteiger partial charge in [0.15, 0.2) is 0 Å². The number of likely N-dealkylation sites (N-methyl/N-ethyl adjacent to an activating group) is 1. The van der Waals surface area contributed by atoms with Gasteiger partial charge in [0, 0.05) is 178 Å². The molecule has 4 saturated carbocycles. The normalized spacial score (nSPS) is 15.5. The van der Waals surface area contributed by atoms with Gasteiger partial charge in [-0.1, -0.05) is 190 Å². The van der Waals surface area contributed by atoms with Gasteiger partial charge in [0.2, 0.25) is 35.6 Å². The molecule has 4 aliphatic rings. The van der Waals surface area contributed by atoms with Crippen molar-refractivity contribution in [2.75, 3.05) is 57.3 Å². The van der Waals surface area contributed by atoms with Gasteiger partial charge in [-0.25, -0.2) is 44.9 Å². The summed E-state index contributed by atoms with van der Waals surface area (Å²) < 4.78 is 12.8. The molecule has 0 spiro atoms. The monoisotopic (exact) mass is 1620 g/mol. The number of nitrogen functional groups attached to an aromatic ring is 4. The molecule has 0 radical (unpaired) electrons. The highest BCUT2D eigenvalue weighted by Gasteiger charge is 2.49. The Labute approximate surface area is 707 Å². The van der Waals surface area contributed by atoms with Crippen molar-refractivity contribution < 1.29 is 18.7 Å². The Kier molecular flexibility index (Phi) is 22.9. The van der Waals surface area contributed by atoms with Crippen molar-refractivity contribution >= 4 is 68.3 Å². The standard InChI is InChI=1S/C26H27N5O2.C25H27N7O2.C24H24N4.C23H22N4/c1-33-14-13-28-24(32)23-22(20-5-2-3-6-21(20)31-23)26(11-4-12-26)19-9-7-17(8-10-19)18-15-29-25(27)30-16-18;1-25(20-8-9-20,19-6-4-16(5-7-19)17-10-27-24(26)28-11-17)23-30-21(15-34-23)18-12-29-32(13-18)14-22(33)31(2)3;25-23-27-14-18(15-28-23)17-8-10-19(11-9-17)24(12-4-1-5-13-24)21-16-26-22-7-3-2-6-20(21)22;24-22-26-13-17(14-27-22)16-7-9-18(10-8-16)23(11-3-4-12-23)20-15-25-21-6-2-1-5-19(20)21/h2-3,5-10,15-16,31H,4,11-14H2,1H3,(H,28,32)(H2,27,29,30);4-7,10-13,15,20H,8-9,14H2,1-3H3,(H2,26,27,28);2-3,6-11,14-16,26H,1,4-5,12-13H2,(H2,25,27,28);1-2,5-10,13-15,25H,3-4,11-12H2,(H2,24,26,27). The summed E-state index contributed by atoms with van der Waals surface area (Å²) >= 11 is 0. The molecule has 9 heterocycles. The molecule has 9 aromatic heterocycles. The maximum absolute atomic E-state index is 13.2. The molecular weight excluding hydrogens is 1520 g/mol. The van der Waals surface area contributed by atoms with E-state index in [0.29, 0.717) is 48.2 Å². The molecule has 24 heteroatoms. The van der Waals surface area contributed by atoms with E-state index in [4.69, 9.17) is 37.1 Å². The molecule has 12 N–H and O–H groups in total. The van der Waals surface area contributed by atoms with Gasteiger partial charge in [-0.05, 0) is 138 Å². The summed E-state index contributed by atoms with van der Waals surface area (Å²) in [7, 11) is 5.08. The van der Waals surface area contributed by atoms with E-state index in [1.807, 2.05) is 24.4 Å². The van der Waals surface area contributed by atoms with Crippen molar-refractivity contribution in [3.8, 4) is 55.8 Å². The number of aromatic amines is 3. The lowest BCUT2D eigenvalue weighted by Crippen LogP contribution is -2.38. The third-order valence-corrected chi connectivity index (χ3v) is 25.5. The highest BCUT2D eigenvalue weighted by Crippen LogP contribution is 2.55. The Morgan fingerprint density at radius 2 is 0.910 bits per heavy atom. The van der Waals surface area contributed by atoms with Crippen LogP contribution >= 0.6 is 0 Å². The minimum absolute atomic E-state index is 0.0224. The van der Waals surface area contributed by atoms with E-state index in [-0.39, 0.29) is 51.9 Å². The van der Waals surface area contributed by atoms with Gasteiger partial charge in [-0.15, -0.1) is 0 Å². The van der Waals surface area contributed by atoms with Gasteiger partial charge < -0.3 is 57.3 Å². The lowest BCUT2D eigenvalue weighted by atomic mass is 9.59. The number of hydrogen-bond acceptors (Lipinski definition) is 18. The largest absolute Gasteiger partial charge is 0.447 e. The second kappa shape index (κ2) is 34.8. The van der Waals surface area contributed by atoms with E-state index < -0.39 is 0 Å². The van der Waals surface area contributed by atoms with Crippen LogP contribution in [0.2, 0.25) is 0 Å². The number of ether oxygens (including phenoxy) is 1. The van der Waals surface area contributed by atoms with Gasteiger partial charge in [-0.2, -0.15) is 5.10 Å². The van der Waals surface area contributed by atoms with Crippen LogP contribution < -0.4 is 28.3 Å². The van der Waals surface area contributed by atoms with Crippen LogP contribution in [0.3, 0.4) is 0 Å². The van der Waals surface area contributed by atoms with E-state index in [1.165, 1.54) is 107 Å². The lowest BCUT2D eigenvalue weighted by Gasteiger charge is -2.43. The number of methoxy groups -OCH3 is 1. The van der Waals surface area contributed by atoms with Crippen LogP contribution in [0.5, 0.6) is 0 Å². The van der Waals surface area contributed by atoms with Gasteiger partial charge in [0.25, 0.3) is 5.91 Å². The predicted molar refractivity (Wildman–Crippen MR) is 480 cm³/mol. The number of fused-ring (bicyclic) bond motifs is 3. The van der Waals surface area contributed by atoms with Crippen LogP contribution in [0.1, 0.15) is 152 Å². The maximum Gasteiger partial charge on any atom is 0.268 e. The Balaban J connectivity index is 0.000000116. The number of carbonyl (C=O) groups excluding carboxylic acids is 2. The van der Waals surface area contributed by atoms with Crippen LogP contribution in [0.25, 0.3) is 88.5 Å². The highest BCUT2D eigenvalue weighted by molar-refractivity contribution is 6.02. The number of amides is 2. The number of benzene rings is 7. The minimum Gasteiger partial charge on any atom is -0.447 e. The molecular formula is C98H100N20O4. The van der Waals surface area contributed by atoms with Crippen molar-refractivity contribution in [2.45, 2.75) is 125 Å². The Bertz CT molecular complexity index is 6280. The fraction of sp³-hybridized carbons (Fsp3) is 0.265. The van der Waals surface area contributed by atoms with Crippen molar-refractivity contribution in [2.24, 2.45) is 5.92 Å². The molecule has 4 aliphatic carbocycles. The average molecular weight is 1620 g/mol. The zero-order chi connectivity index (χ0) is 84.0. The van der Waals surface area contributed by atoms with Crippen molar-refractivity contribution in [3.63, 3.8) is 0 Å². The molecule has 0 saturated heterocycles. The van der Waals surface area contributed by atoms with Crippen molar-refractivity contribution in [1.29, 1.82) is 0 Å². The molecule has 0 aliphatic heterocycles. The van der Waals surface area contributed by atoms with Gasteiger partial charge >= 0.3 is 0 Å². The molecule has 0 bridgehead atoms. The second-order valence-corrected chi connectivity index (χ2v) is 32.9. The number of H-pyrrole nitrogens is 3. The summed E-state index contributed by atoms with van der Waals surface area (Å²) in [6, 6.07) is 60.2. The topological polar surface area (TPSA) is 357 Å². The molecule has 1 unspecified atom stereocenters. The highest BCUT2D eigenvalue weighted by atomic mass is 16.5. The van der Waals surface area contributed by atoms with E-state index in [9.17, 15) is 9.59 Å². The third-order valence-electron chi connectivity index (χ3n) is 25.5. The van der Waals surface area contributed by atoms with E-state index >= 15 is 0 Å². The number of anilines is 4. The number of aromatic nitrogens is 14. The van der Waals surface area contributed by atoms with E-state index in [2.05, 4.69) is 236 Å². The fourth-order valence-corrected chi connectivity index (χ4v) is 18.5. The van der Waals surface area contributed by atoms with Crippen LogP contribution in [0, 0.1) is 5.92 Å². The Hall–Kier alpha value is -14.0. The fourth-order valence-electron chi connectivity index (χ4n) is 18.5. The zero-order valence-electron chi connectivity index (χ0n) is 69.1. The zero-order valence-corrected chi connectivity index (χ0v) is 69.1. The van der Waals surface area contributed by atoms with E-state index in [1.54, 1.807) is 92.8 Å². The number of nitrogens with one attached hydrogen (secondary N) is 4. The summed E-state index contributed by atoms with van der Waals surface area (Å²) in [5, 5.41) is 11.1. The van der Waals surface area contributed by atoms with Gasteiger partial charge in [-0.3, -0.25) is 14.3 Å². The molecule has 2 amide bonds. The number of nitrogens with two attached hydrogens (primary N) is 4. The average Bonchev–Trinajstić information content (AvgIpc) is 1.50. The Morgan fingerprint density at radius 1 is 0.500 bits per heavy atom. The Morgan fingerprint density at radius 3 is 1.34 bits per heavy atom. The lowest BCUT2D eigenvalue weighted by molar-refractivity contribution is -0.129. The van der Waals surface area contributed by atoms with E-state index in [0.717, 1.165) is 104 Å². The molecule has 7 aromatic carbocycles. The number of carbonyl (C=O) groups is 2. The first-order chi connectivity index (χ1) is 59.5. The quantitative estimate of drug-likeness (QED) is 0.0329.